The summed E-state index contributed by atoms with van der Waals surface area (Å²) in [5.74, 6) is 3.41. The van der Waals surface area contributed by atoms with Gasteiger partial charge in [0.1, 0.15) is 11.5 Å². The molecule has 0 radical (unpaired) electrons. The van der Waals surface area contributed by atoms with Crippen molar-refractivity contribution in [2.75, 3.05) is 13.6 Å². The number of rotatable bonds is 8. The molecule has 0 aliphatic heterocycles. The van der Waals surface area contributed by atoms with Crippen molar-refractivity contribution in [3.05, 3.63) is 23.7 Å². The summed E-state index contributed by atoms with van der Waals surface area (Å²) in [5.41, 5.74) is 0. The molecule has 0 spiro atoms. The van der Waals surface area contributed by atoms with Crippen LogP contribution in [-0.4, -0.2) is 24.5 Å². The molecule has 1 heterocycles. The van der Waals surface area contributed by atoms with Gasteiger partial charge in [-0.25, -0.2) is 0 Å². The zero-order chi connectivity index (χ0) is 14.4. The Morgan fingerprint density at radius 1 is 1.11 bits per heavy atom. The number of hydrogen-bond acceptors (Lipinski definition) is 3. The van der Waals surface area contributed by atoms with E-state index >= 15 is 0 Å². The topological polar surface area (TPSA) is 28.4 Å². The van der Waals surface area contributed by atoms with Gasteiger partial charge in [-0.15, -0.1) is 0 Å². The second-order valence-electron chi connectivity index (χ2n) is 6.29. The van der Waals surface area contributed by atoms with Gasteiger partial charge < -0.3 is 9.73 Å². The van der Waals surface area contributed by atoms with Gasteiger partial charge in [0.2, 0.25) is 0 Å². The highest BCUT2D eigenvalue weighted by molar-refractivity contribution is 5.07. The molecule has 1 atom stereocenters. The number of nitrogens with zero attached hydrogens (tertiary/aromatic N) is 1. The molecule has 0 amide bonds. The Morgan fingerprint density at radius 2 is 1.74 bits per heavy atom. The van der Waals surface area contributed by atoms with Crippen LogP contribution in [-0.2, 0) is 13.1 Å². The van der Waals surface area contributed by atoms with Gasteiger partial charge in [0, 0.05) is 6.04 Å². The van der Waals surface area contributed by atoms with Crippen LogP contribution in [0.1, 0.15) is 46.1 Å². The highest BCUT2D eigenvalue weighted by Crippen LogP contribution is 2.14. The van der Waals surface area contributed by atoms with Crippen LogP contribution in [0.5, 0.6) is 0 Å². The summed E-state index contributed by atoms with van der Waals surface area (Å²) in [6.45, 7) is 13.9. The Hall–Kier alpha value is -0.800. The maximum absolute atomic E-state index is 5.86. The van der Waals surface area contributed by atoms with Gasteiger partial charge in [0.05, 0.1) is 13.1 Å². The first-order valence-corrected chi connectivity index (χ1v) is 7.38. The van der Waals surface area contributed by atoms with E-state index in [1.807, 2.05) is 0 Å². The molecule has 0 aliphatic rings. The fourth-order valence-electron chi connectivity index (χ4n) is 1.99. The van der Waals surface area contributed by atoms with Crippen LogP contribution in [0.3, 0.4) is 0 Å². The third-order valence-electron chi connectivity index (χ3n) is 3.63. The maximum Gasteiger partial charge on any atom is 0.118 e. The first-order valence-electron chi connectivity index (χ1n) is 7.38. The minimum atomic E-state index is 0.563. The van der Waals surface area contributed by atoms with E-state index in [-0.39, 0.29) is 0 Å². The largest absolute Gasteiger partial charge is 0.463 e. The third kappa shape index (κ3) is 5.79. The lowest BCUT2D eigenvalue weighted by molar-refractivity contribution is 0.185. The van der Waals surface area contributed by atoms with E-state index in [0.717, 1.165) is 31.2 Å². The van der Waals surface area contributed by atoms with E-state index < -0.39 is 0 Å². The Balaban J connectivity index is 2.42. The Kier molecular flexibility index (Phi) is 6.59. The summed E-state index contributed by atoms with van der Waals surface area (Å²) in [4.78, 5) is 2.34. The van der Waals surface area contributed by atoms with Crippen molar-refractivity contribution in [1.29, 1.82) is 0 Å². The smallest absolute Gasteiger partial charge is 0.118 e. The molecule has 1 aromatic heterocycles. The summed E-state index contributed by atoms with van der Waals surface area (Å²) in [5, 5.41) is 3.40. The second kappa shape index (κ2) is 7.71. The van der Waals surface area contributed by atoms with Gasteiger partial charge in [-0.1, -0.05) is 27.7 Å². The summed E-state index contributed by atoms with van der Waals surface area (Å²) < 4.78 is 5.86. The fraction of sp³-hybridized carbons (Fsp3) is 0.750. The number of furan rings is 1. The molecular formula is C16H30N2O. The van der Waals surface area contributed by atoms with Crippen molar-refractivity contribution >= 4 is 0 Å². The van der Waals surface area contributed by atoms with E-state index in [0.29, 0.717) is 17.9 Å². The van der Waals surface area contributed by atoms with Gasteiger partial charge in [0.15, 0.2) is 0 Å². The molecule has 0 bridgehead atoms. The normalized spacial score (nSPS) is 13.7. The molecule has 1 unspecified atom stereocenters. The second-order valence-corrected chi connectivity index (χ2v) is 6.29. The summed E-state index contributed by atoms with van der Waals surface area (Å²) >= 11 is 0. The monoisotopic (exact) mass is 266 g/mol. The molecule has 3 heteroatoms. The van der Waals surface area contributed by atoms with Crippen molar-refractivity contribution < 1.29 is 4.42 Å². The Bertz CT molecular complexity index is 357. The van der Waals surface area contributed by atoms with Crippen LogP contribution in [0.15, 0.2) is 16.5 Å². The molecule has 1 rings (SSSR count). The average Bonchev–Trinajstić information content (AvgIpc) is 2.75. The minimum Gasteiger partial charge on any atom is -0.463 e. The molecule has 1 aromatic rings. The predicted octanol–water partition coefficient (Wildman–Crippen LogP) is 3.50. The molecule has 110 valence electrons. The molecule has 0 aromatic carbocycles. The van der Waals surface area contributed by atoms with Crippen LogP contribution in [0, 0.1) is 11.8 Å². The lowest BCUT2D eigenvalue weighted by Gasteiger charge is -2.26. The number of nitrogens with one attached hydrogen (secondary N) is 1. The van der Waals surface area contributed by atoms with Gasteiger partial charge >= 0.3 is 0 Å². The molecule has 19 heavy (non-hydrogen) atoms. The van der Waals surface area contributed by atoms with Gasteiger partial charge in [0.25, 0.3) is 0 Å². The average molecular weight is 266 g/mol. The van der Waals surface area contributed by atoms with E-state index in [9.17, 15) is 0 Å². The van der Waals surface area contributed by atoms with Crippen LogP contribution in [0.25, 0.3) is 0 Å². The van der Waals surface area contributed by atoms with Crippen molar-refractivity contribution in [2.45, 2.75) is 53.8 Å². The van der Waals surface area contributed by atoms with Crippen molar-refractivity contribution in [1.82, 2.24) is 10.2 Å². The maximum atomic E-state index is 5.86. The van der Waals surface area contributed by atoms with Crippen molar-refractivity contribution in [2.24, 2.45) is 11.8 Å². The Labute approximate surface area is 118 Å². The fourth-order valence-corrected chi connectivity index (χ4v) is 1.99. The molecular weight excluding hydrogens is 236 g/mol. The predicted molar refractivity (Wildman–Crippen MR) is 81.0 cm³/mol. The first-order chi connectivity index (χ1) is 8.90. The van der Waals surface area contributed by atoms with Crippen LogP contribution < -0.4 is 5.32 Å². The quantitative estimate of drug-likeness (QED) is 0.780. The SMILES string of the molecule is CC(C)CNCc1ccc(CN(C)C(C)C(C)C)o1. The van der Waals surface area contributed by atoms with Crippen LogP contribution in [0.4, 0.5) is 0 Å². The van der Waals surface area contributed by atoms with E-state index in [4.69, 9.17) is 4.42 Å². The van der Waals surface area contributed by atoms with E-state index in [1.165, 1.54) is 0 Å². The first kappa shape index (κ1) is 16.3. The van der Waals surface area contributed by atoms with Crippen LogP contribution in [0.2, 0.25) is 0 Å². The van der Waals surface area contributed by atoms with Gasteiger partial charge in [-0.05, 0) is 44.5 Å². The molecule has 1 N–H and O–H groups in total. The summed E-state index contributed by atoms with van der Waals surface area (Å²) in [6, 6.07) is 4.74. The zero-order valence-electron chi connectivity index (χ0n) is 13.4. The van der Waals surface area contributed by atoms with Crippen molar-refractivity contribution in [3.63, 3.8) is 0 Å². The van der Waals surface area contributed by atoms with E-state index in [1.54, 1.807) is 0 Å². The molecule has 3 nitrogen and oxygen atoms in total. The van der Waals surface area contributed by atoms with Crippen LogP contribution >= 0.6 is 0 Å². The standard InChI is InChI=1S/C16H30N2O/c1-12(2)9-17-10-15-7-8-16(19-15)11-18(6)14(5)13(3)4/h7-8,12-14,17H,9-11H2,1-6H3. The highest BCUT2D eigenvalue weighted by atomic mass is 16.3. The zero-order valence-corrected chi connectivity index (χ0v) is 13.4. The molecule has 0 aliphatic carbocycles. The molecule has 0 fully saturated rings. The Morgan fingerprint density at radius 3 is 2.32 bits per heavy atom. The minimum absolute atomic E-state index is 0.563. The summed E-state index contributed by atoms with van der Waals surface area (Å²) in [7, 11) is 2.16. The molecule has 0 saturated heterocycles. The number of hydrogen-bond donors (Lipinski definition) is 1. The lowest BCUT2D eigenvalue weighted by Crippen LogP contribution is -2.32. The van der Waals surface area contributed by atoms with Gasteiger partial charge in [-0.3, -0.25) is 4.90 Å². The summed E-state index contributed by atoms with van der Waals surface area (Å²) in [6.07, 6.45) is 0. The van der Waals surface area contributed by atoms with E-state index in [2.05, 4.69) is 64.0 Å². The van der Waals surface area contributed by atoms with Gasteiger partial charge in [-0.2, -0.15) is 0 Å². The molecule has 0 saturated carbocycles. The lowest BCUT2D eigenvalue weighted by atomic mass is 10.1. The third-order valence-corrected chi connectivity index (χ3v) is 3.63. The van der Waals surface area contributed by atoms with Crippen molar-refractivity contribution in [3.8, 4) is 0 Å². The highest BCUT2D eigenvalue weighted by Gasteiger charge is 2.14.